The van der Waals surface area contributed by atoms with E-state index in [1.165, 1.54) is 0 Å². The molecule has 0 saturated carbocycles. The third-order valence-corrected chi connectivity index (χ3v) is 2.36. The molecule has 0 aliphatic heterocycles. The molecule has 1 nitrogen and oxygen atoms in total. The highest BCUT2D eigenvalue weighted by Crippen LogP contribution is 2.25. The van der Waals surface area contributed by atoms with E-state index in [1.807, 2.05) is 6.08 Å². The van der Waals surface area contributed by atoms with Gasteiger partial charge in [-0.1, -0.05) is 28.9 Å². The summed E-state index contributed by atoms with van der Waals surface area (Å²) in [5.74, 6) is 0.506. The van der Waals surface area contributed by atoms with Crippen molar-refractivity contribution in [3.8, 4) is 0 Å². The highest BCUT2D eigenvalue weighted by Gasteiger charge is 2.10. The molecular formula is C8H11BrO. The lowest BCUT2D eigenvalue weighted by Crippen LogP contribution is -2.05. The van der Waals surface area contributed by atoms with E-state index in [0.717, 1.165) is 16.5 Å². The fourth-order valence-corrected chi connectivity index (χ4v) is 1.50. The van der Waals surface area contributed by atoms with Crippen LogP contribution in [0.1, 0.15) is 13.3 Å². The molecule has 0 spiro atoms. The number of hydrogen-bond donors (Lipinski definition) is 1. The van der Waals surface area contributed by atoms with E-state index in [9.17, 15) is 0 Å². The minimum absolute atomic E-state index is 0.185. The van der Waals surface area contributed by atoms with Gasteiger partial charge in [0.25, 0.3) is 0 Å². The zero-order chi connectivity index (χ0) is 7.56. The van der Waals surface area contributed by atoms with Crippen LogP contribution in [0.4, 0.5) is 0 Å². The maximum Gasteiger partial charge on any atom is 0.0647 e. The van der Waals surface area contributed by atoms with E-state index < -0.39 is 0 Å². The maximum atomic E-state index is 8.86. The molecule has 2 heteroatoms. The molecule has 0 radical (unpaired) electrons. The molecule has 1 aliphatic rings. The van der Waals surface area contributed by atoms with Crippen molar-refractivity contribution in [1.29, 1.82) is 0 Å². The highest BCUT2D eigenvalue weighted by molar-refractivity contribution is 9.11. The maximum absolute atomic E-state index is 8.86. The Kier molecular flexibility index (Phi) is 2.69. The zero-order valence-corrected chi connectivity index (χ0v) is 7.56. The van der Waals surface area contributed by atoms with E-state index in [4.69, 9.17) is 5.11 Å². The molecule has 1 rings (SSSR count). The number of aliphatic hydroxyl groups is 1. The van der Waals surface area contributed by atoms with Crippen LogP contribution < -0.4 is 0 Å². The van der Waals surface area contributed by atoms with Gasteiger partial charge in [-0.3, -0.25) is 0 Å². The Labute approximate surface area is 69.6 Å². The molecule has 0 aromatic heterocycles. The average molecular weight is 203 g/mol. The van der Waals surface area contributed by atoms with Gasteiger partial charge in [-0.2, -0.15) is 0 Å². The number of aliphatic hydroxyl groups excluding tert-OH is 1. The second-order valence-electron chi connectivity index (χ2n) is 2.60. The molecule has 1 atom stereocenters. The monoisotopic (exact) mass is 202 g/mol. The molecule has 0 amide bonds. The molecular weight excluding hydrogens is 192 g/mol. The highest BCUT2D eigenvalue weighted by atomic mass is 79.9. The molecule has 0 heterocycles. The summed E-state index contributed by atoms with van der Waals surface area (Å²) in [5.41, 5.74) is 1.12. The Balaban J connectivity index is 2.73. The summed E-state index contributed by atoms with van der Waals surface area (Å²) in [6.45, 7) is 2.31. The van der Waals surface area contributed by atoms with Crippen molar-refractivity contribution >= 4 is 15.9 Å². The SMILES string of the molecule is C[C@H]1CC=C(Br)C=C1CO. The number of rotatable bonds is 1. The van der Waals surface area contributed by atoms with Crippen molar-refractivity contribution in [3.63, 3.8) is 0 Å². The Morgan fingerprint density at radius 3 is 3.00 bits per heavy atom. The fraction of sp³-hybridized carbons (Fsp3) is 0.500. The minimum atomic E-state index is 0.185. The van der Waals surface area contributed by atoms with Crippen LogP contribution in [0.3, 0.4) is 0 Å². The van der Waals surface area contributed by atoms with Crippen molar-refractivity contribution in [2.45, 2.75) is 13.3 Å². The lowest BCUT2D eigenvalue weighted by atomic mass is 9.94. The quantitative estimate of drug-likeness (QED) is 0.692. The standard InChI is InChI=1S/C8H11BrO/c1-6-2-3-8(9)4-7(6)5-10/h3-4,6,10H,2,5H2,1H3/t6-/m0/s1. The molecule has 0 bridgehead atoms. The summed E-state index contributed by atoms with van der Waals surface area (Å²) >= 11 is 3.37. The van der Waals surface area contributed by atoms with Crippen molar-refractivity contribution in [3.05, 3.63) is 22.2 Å². The summed E-state index contributed by atoms with van der Waals surface area (Å²) in [6, 6.07) is 0. The van der Waals surface area contributed by atoms with Crippen LogP contribution in [0.25, 0.3) is 0 Å². The summed E-state index contributed by atoms with van der Waals surface area (Å²) in [5, 5.41) is 8.86. The second-order valence-corrected chi connectivity index (χ2v) is 3.52. The molecule has 0 fully saturated rings. The van der Waals surface area contributed by atoms with Gasteiger partial charge in [0.15, 0.2) is 0 Å². The number of allylic oxidation sites excluding steroid dienone is 3. The zero-order valence-electron chi connectivity index (χ0n) is 5.97. The molecule has 10 heavy (non-hydrogen) atoms. The Morgan fingerprint density at radius 1 is 1.80 bits per heavy atom. The van der Waals surface area contributed by atoms with Crippen LogP contribution in [0.15, 0.2) is 22.2 Å². The second kappa shape index (κ2) is 3.35. The predicted molar refractivity (Wildman–Crippen MR) is 46.0 cm³/mol. The van der Waals surface area contributed by atoms with Gasteiger partial charge in [0, 0.05) is 4.48 Å². The summed E-state index contributed by atoms with van der Waals surface area (Å²) in [4.78, 5) is 0. The van der Waals surface area contributed by atoms with E-state index >= 15 is 0 Å². The van der Waals surface area contributed by atoms with Crippen molar-refractivity contribution in [1.82, 2.24) is 0 Å². The van der Waals surface area contributed by atoms with Gasteiger partial charge in [0.1, 0.15) is 0 Å². The molecule has 0 saturated heterocycles. The normalized spacial score (nSPS) is 25.7. The van der Waals surface area contributed by atoms with Gasteiger partial charge >= 0.3 is 0 Å². The van der Waals surface area contributed by atoms with Crippen LogP contribution in [-0.2, 0) is 0 Å². The molecule has 0 unspecified atom stereocenters. The van der Waals surface area contributed by atoms with Crippen LogP contribution in [0.2, 0.25) is 0 Å². The van der Waals surface area contributed by atoms with Crippen LogP contribution in [0, 0.1) is 5.92 Å². The Morgan fingerprint density at radius 2 is 2.50 bits per heavy atom. The first-order chi connectivity index (χ1) is 4.74. The summed E-state index contributed by atoms with van der Waals surface area (Å²) in [7, 11) is 0. The first kappa shape index (κ1) is 8.02. The van der Waals surface area contributed by atoms with Crippen LogP contribution in [0.5, 0.6) is 0 Å². The third kappa shape index (κ3) is 1.70. The Bertz CT molecular complexity index is 182. The first-order valence-corrected chi connectivity index (χ1v) is 4.20. The third-order valence-electron chi connectivity index (χ3n) is 1.81. The number of halogens is 1. The molecule has 1 N–H and O–H groups in total. The van der Waals surface area contributed by atoms with Crippen molar-refractivity contribution < 1.29 is 5.11 Å². The summed E-state index contributed by atoms with van der Waals surface area (Å²) < 4.78 is 1.09. The number of hydrogen-bond acceptors (Lipinski definition) is 1. The van der Waals surface area contributed by atoms with Gasteiger partial charge in [0.05, 0.1) is 6.61 Å². The van der Waals surface area contributed by atoms with Crippen LogP contribution in [-0.4, -0.2) is 11.7 Å². The lowest BCUT2D eigenvalue weighted by Gasteiger charge is -2.15. The van der Waals surface area contributed by atoms with Gasteiger partial charge in [0.2, 0.25) is 0 Å². The van der Waals surface area contributed by atoms with Gasteiger partial charge in [-0.15, -0.1) is 0 Å². The van der Waals surface area contributed by atoms with Gasteiger partial charge in [-0.05, 0) is 24.0 Å². The van der Waals surface area contributed by atoms with Crippen molar-refractivity contribution in [2.24, 2.45) is 5.92 Å². The van der Waals surface area contributed by atoms with E-state index in [1.54, 1.807) is 0 Å². The predicted octanol–water partition coefficient (Wildman–Crippen LogP) is 2.22. The lowest BCUT2D eigenvalue weighted by molar-refractivity contribution is 0.315. The molecule has 1 aliphatic carbocycles. The van der Waals surface area contributed by atoms with Crippen molar-refractivity contribution in [2.75, 3.05) is 6.61 Å². The first-order valence-electron chi connectivity index (χ1n) is 3.41. The largest absolute Gasteiger partial charge is 0.392 e. The smallest absolute Gasteiger partial charge is 0.0647 e. The van der Waals surface area contributed by atoms with E-state index in [0.29, 0.717) is 5.92 Å². The molecule has 0 aromatic rings. The Hall–Kier alpha value is -0.0800. The van der Waals surface area contributed by atoms with Crippen LogP contribution >= 0.6 is 15.9 Å². The molecule has 56 valence electrons. The topological polar surface area (TPSA) is 20.2 Å². The van der Waals surface area contributed by atoms with E-state index in [-0.39, 0.29) is 6.61 Å². The minimum Gasteiger partial charge on any atom is -0.392 e. The average Bonchev–Trinajstić information content (AvgIpc) is 1.94. The molecule has 0 aromatic carbocycles. The fourth-order valence-electron chi connectivity index (χ4n) is 1.02. The summed E-state index contributed by atoms with van der Waals surface area (Å²) in [6.07, 6.45) is 5.16. The van der Waals surface area contributed by atoms with E-state index in [2.05, 4.69) is 28.9 Å². The van der Waals surface area contributed by atoms with Gasteiger partial charge < -0.3 is 5.11 Å². The van der Waals surface area contributed by atoms with Gasteiger partial charge in [-0.25, -0.2) is 0 Å².